The molecule has 0 aromatic rings. The maximum atomic E-state index is 13.1. The lowest BCUT2D eigenvalue weighted by Crippen LogP contribution is -2.65. The first-order valence-electron chi connectivity index (χ1n) is 25.4. The van der Waals surface area contributed by atoms with Gasteiger partial charge in [0.05, 0.1) is 32.0 Å². The van der Waals surface area contributed by atoms with E-state index in [4.69, 9.17) is 18.9 Å². The first kappa shape index (κ1) is 59.1. The highest BCUT2D eigenvalue weighted by Gasteiger charge is 2.51. The summed E-state index contributed by atoms with van der Waals surface area (Å²) in [6, 6.07) is -0.825. The Labute approximate surface area is 391 Å². The number of hydrogen-bond acceptors (Lipinski definition) is 13. The molecule has 0 aromatic heterocycles. The molecule has 2 heterocycles. The van der Waals surface area contributed by atoms with Gasteiger partial charge in [0.1, 0.15) is 48.8 Å². The summed E-state index contributed by atoms with van der Waals surface area (Å²) in [5.74, 6) is -0.219. The molecule has 0 bridgehead atoms. The molecule has 12 atom stereocenters. The first-order valence-corrected chi connectivity index (χ1v) is 25.4. The Kier molecular flexibility index (Phi) is 34.4. The lowest BCUT2D eigenvalue weighted by Gasteiger charge is -2.46. The van der Waals surface area contributed by atoms with Crippen molar-refractivity contribution in [2.75, 3.05) is 19.8 Å². The summed E-state index contributed by atoms with van der Waals surface area (Å²) in [7, 11) is 0. The van der Waals surface area contributed by atoms with Crippen LogP contribution in [-0.4, -0.2) is 140 Å². The molecule has 0 aromatic carbocycles. The summed E-state index contributed by atoms with van der Waals surface area (Å²) >= 11 is 0. The molecule has 14 nitrogen and oxygen atoms in total. The number of nitrogens with one attached hydrogen (secondary N) is 1. The number of ether oxygens (including phenoxy) is 4. The monoisotopic (exact) mass is 926 g/mol. The average Bonchev–Trinajstić information content (AvgIpc) is 3.30. The van der Waals surface area contributed by atoms with Crippen LogP contribution >= 0.6 is 0 Å². The molecule has 2 rings (SSSR count). The van der Waals surface area contributed by atoms with Gasteiger partial charge in [0.25, 0.3) is 0 Å². The van der Waals surface area contributed by atoms with E-state index in [9.17, 15) is 45.6 Å². The summed E-state index contributed by atoms with van der Waals surface area (Å²) in [5.41, 5.74) is 0. The van der Waals surface area contributed by atoms with Gasteiger partial charge in [-0.15, -0.1) is 0 Å². The van der Waals surface area contributed by atoms with Crippen LogP contribution < -0.4 is 5.32 Å². The van der Waals surface area contributed by atoms with Crippen LogP contribution in [0.25, 0.3) is 0 Å². The van der Waals surface area contributed by atoms with E-state index in [1.807, 2.05) is 0 Å². The van der Waals surface area contributed by atoms with Crippen molar-refractivity contribution in [1.29, 1.82) is 0 Å². The maximum Gasteiger partial charge on any atom is 0.220 e. The summed E-state index contributed by atoms with van der Waals surface area (Å²) in [6.07, 6.45) is 27.8. The third-order valence-corrected chi connectivity index (χ3v) is 12.3. The summed E-state index contributed by atoms with van der Waals surface area (Å²) in [4.78, 5) is 13.1. The molecule has 0 radical (unpaired) electrons. The van der Waals surface area contributed by atoms with Gasteiger partial charge in [-0.25, -0.2) is 0 Å². The second-order valence-corrected chi connectivity index (χ2v) is 17.9. The van der Waals surface area contributed by atoms with Crippen LogP contribution in [0.3, 0.4) is 0 Å². The smallest absolute Gasteiger partial charge is 0.220 e. The molecule has 14 heteroatoms. The summed E-state index contributed by atoms with van der Waals surface area (Å²) < 4.78 is 22.6. The number of aliphatic hydroxyl groups is 8. The van der Waals surface area contributed by atoms with E-state index >= 15 is 0 Å². The number of carbonyl (C=O) groups excluding carboxylic acids is 1. The molecule has 1 amide bonds. The van der Waals surface area contributed by atoms with Gasteiger partial charge in [0, 0.05) is 6.42 Å². The first-order chi connectivity index (χ1) is 31.6. The number of amides is 1. The van der Waals surface area contributed by atoms with Crippen molar-refractivity contribution in [3.05, 3.63) is 48.6 Å². The highest BCUT2D eigenvalue weighted by Crippen LogP contribution is 2.30. The number of allylic oxidation sites excluding steroid dienone is 8. The second-order valence-electron chi connectivity index (χ2n) is 17.9. The number of hydrogen-bond donors (Lipinski definition) is 9. The van der Waals surface area contributed by atoms with Crippen molar-refractivity contribution in [2.24, 2.45) is 0 Å². The largest absolute Gasteiger partial charge is 0.394 e. The molecule has 0 saturated carbocycles. The zero-order valence-electron chi connectivity index (χ0n) is 40.0. The van der Waals surface area contributed by atoms with Crippen molar-refractivity contribution in [2.45, 2.75) is 248 Å². The number of aliphatic hydroxyl groups excluding tert-OH is 8. The van der Waals surface area contributed by atoms with Crippen molar-refractivity contribution in [3.8, 4) is 0 Å². The predicted octanol–water partition coefficient (Wildman–Crippen LogP) is 6.49. The van der Waals surface area contributed by atoms with Crippen molar-refractivity contribution >= 4 is 5.91 Å². The Hall–Kier alpha value is -2.05. The van der Waals surface area contributed by atoms with E-state index in [0.717, 1.165) is 77.0 Å². The Morgan fingerprint density at radius 1 is 0.569 bits per heavy atom. The highest BCUT2D eigenvalue weighted by atomic mass is 16.7. The molecule has 12 unspecified atom stereocenters. The minimum absolute atomic E-state index is 0.219. The van der Waals surface area contributed by atoms with Gasteiger partial charge in [0.2, 0.25) is 5.91 Å². The van der Waals surface area contributed by atoms with E-state index in [-0.39, 0.29) is 12.5 Å². The van der Waals surface area contributed by atoms with Gasteiger partial charge >= 0.3 is 0 Å². The van der Waals surface area contributed by atoms with Crippen LogP contribution in [0.15, 0.2) is 48.6 Å². The molecular weight excluding hydrogens is 835 g/mol. The Balaban J connectivity index is 1.61. The summed E-state index contributed by atoms with van der Waals surface area (Å²) in [5, 5.41) is 86.2. The van der Waals surface area contributed by atoms with Crippen LogP contribution in [0.4, 0.5) is 0 Å². The molecule has 2 fully saturated rings. The van der Waals surface area contributed by atoms with E-state index in [1.54, 1.807) is 0 Å². The fourth-order valence-corrected chi connectivity index (χ4v) is 8.17. The zero-order valence-corrected chi connectivity index (χ0v) is 40.0. The number of carbonyl (C=O) groups is 1. The molecule has 2 saturated heterocycles. The predicted molar refractivity (Wildman–Crippen MR) is 254 cm³/mol. The molecule has 0 aliphatic carbocycles. The van der Waals surface area contributed by atoms with Crippen molar-refractivity contribution < 1.29 is 64.6 Å². The lowest BCUT2D eigenvalue weighted by atomic mass is 9.97. The number of rotatable bonds is 38. The number of unbranched alkanes of at least 4 members (excludes halogenated alkanes) is 17. The van der Waals surface area contributed by atoms with Crippen LogP contribution in [0, 0.1) is 0 Å². The van der Waals surface area contributed by atoms with Gasteiger partial charge in [-0.2, -0.15) is 0 Å². The third-order valence-electron chi connectivity index (χ3n) is 12.3. The minimum atomic E-state index is -1.78. The second kappa shape index (κ2) is 37.9. The fourth-order valence-electron chi connectivity index (χ4n) is 8.17. The van der Waals surface area contributed by atoms with Crippen molar-refractivity contribution in [1.82, 2.24) is 5.32 Å². The van der Waals surface area contributed by atoms with Gasteiger partial charge in [0.15, 0.2) is 12.6 Å². The molecule has 2 aliphatic heterocycles. The van der Waals surface area contributed by atoms with E-state index in [0.29, 0.717) is 12.8 Å². The maximum absolute atomic E-state index is 13.1. The third kappa shape index (κ3) is 25.2. The molecule has 2 aliphatic rings. The molecule has 65 heavy (non-hydrogen) atoms. The van der Waals surface area contributed by atoms with Crippen LogP contribution in [-0.2, 0) is 23.7 Å². The quantitative estimate of drug-likeness (QED) is 0.0239. The molecular formula is C51H91NO13. The van der Waals surface area contributed by atoms with E-state index < -0.39 is 86.8 Å². The normalized spacial score (nSPS) is 27.4. The highest BCUT2D eigenvalue weighted by molar-refractivity contribution is 5.76. The molecule has 0 spiro atoms. The summed E-state index contributed by atoms with van der Waals surface area (Å²) in [6.45, 7) is 2.59. The zero-order chi connectivity index (χ0) is 47.5. The van der Waals surface area contributed by atoms with Gasteiger partial charge in [-0.3, -0.25) is 4.79 Å². The van der Waals surface area contributed by atoms with Gasteiger partial charge in [-0.05, 0) is 51.4 Å². The van der Waals surface area contributed by atoms with Gasteiger partial charge < -0.3 is 65.1 Å². The van der Waals surface area contributed by atoms with Crippen LogP contribution in [0.1, 0.15) is 174 Å². The van der Waals surface area contributed by atoms with Crippen LogP contribution in [0.2, 0.25) is 0 Å². The van der Waals surface area contributed by atoms with Crippen molar-refractivity contribution in [3.63, 3.8) is 0 Å². The fraction of sp³-hybridized carbons (Fsp3) is 0.824. The van der Waals surface area contributed by atoms with Gasteiger partial charge in [-0.1, -0.05) is 165 Å². The Morgan fingerprint density at radius 2 is 1.06 bits per heavy atom. The molecule has 9 N–H and O–H groups in total. The SMILES string of the molecule is CC/C=C\C/C=C\C/C=C\C/C=C\CCCCCCCCCCCCCCCCC(=O)NC(COC1OC(CO)C(OC2OC(CO)C(O)C(O)C2O)C(O)C1O)C(O)CCCCCC. The molecule has 378 valence electrons. The Bertz CT molecular complexity index is 1280. The van der Waals surface area contributed by atoms with Crippen LogP contribution in [0.5, 0.6) is 0 Å². The minimum Gasteiger partial charge on any atom is -0.394 e. The standard InChI is InChI=1S/C51H91NO13/c1-3-5-7-9-10-11-12-13-14-15-16-17-18-19-20-21-22-23-24-25-26-27-28-29-30-31-33-35-43(56)52-39(40(55)34-32-8-6-4-2)38-62-50-48(61)46(59)49(42(37-54)64-50)65-51-47(60)45(58)44(57)41(36-53)63-51/h5,7,10-11,13-14,16-17,39-42,44-51,53-55,57-61H,3-4,6,8-9,12,15,18-38H2,1-2H3,(H,52,56)/b7-5-,11-10-,14-13-,17-16-. The lowest BCUT2D eigenvalue weighted by molar-refractivity contribution is -0.359. The van der Waals surface area contributed by atoms with E-state index in [2.05, 4.69) is 67.8 Å². The van der Waals surface area contributed by atoms with E-state index in [1.165, 1.54) is 70.6 Å². The Morgan fingerprint density at radius 3 is 1.62 bits per heavy atom. The average molecular weight is 926 g/mol. The topological polar surface area (TPSA) is 228 Å².